The maximum atomic E-state index is 13.1. The minimum atomic E-state index is -0.429. The first-order valence-corrected chi connectivity index (χ1v) is 10.2. The summed E-state index contributed by atoms with van der Waals surface area (Å²) in [4.78, 5) is 29.4. The third kappa shape index (κ3) is 3.87. The Labute approximate surface area is 176 Å². The highest BCUT2D eigenvalue weighted by molar-refractivity contribution is 6.40. The molecule has 2 aliphatic heterocycles. The van der Waals surface area contributed by atoms with Crippen LogP contribution in [0.3, 0.4) is 0 Å². The van der Waals surface area contributed by atoms with E-state index in [0.29, 0.717) is 25.2 Å². The number of piperazine rings is 1. The second-order valence-electron chi connectivity index (χ2n) is 7.51. The minimum Gasteiger partial charge on any atom is -0.495 e. The van der Waals surface area contributed by atoms with E-state index < -0.39 is 6.04 Å². The number of hydrogen-bond acceptors (Lipinski definition) is 6. The van der Waals surface area contributed by atoms with Gasteiger partial charge in [-0.3, -0.25) is 14.6 Å². The predicted molar refractivity (Wildman–Crippen MR) is 117 cm³/mol. The van der Waals surface area contributed by atoms with Crippen LogP contribution < -0.4 is 14.6 Å². The van der Waals surface area contributed by atoms with Crippen LogP contribution in [0, 0.1) is 0 Å². The van der Waals surface area contributed by atoms with Gasteiger partial charge in [0.05, 0.1) is 18.5 Å². The van der Waals surface area contributed by atoms with Crippen molar-refractivity contribution in [1.82, 2.24) is 4.90 Å². The number of hydrogen-bond donors (Lipinski definition) is 0. The first kappa shape index (κ1) is 19.9. The maximum absolute atomic E-state index is 13.1. The van der Waals surface area contributed by atoms with E-state index in [9.17, 15) is 9.59 Å². The number of anilines is 2. The van der Waals surface area contributed by atoms with Crippen molar-refractivity contribution in [3.05, 3.63) is 54.6 Å². The Morgan fingerprint density at radius 1 is 0.967 bits per heavy atom. The predicted octanol–water partition coefficient (Wildman–Crippen LogP) is 2.57. The molecule has 1 fully saturated rings. The van der Waals surface area contributed by atoms with E-state index in [1.807, 2.05) is 59.5 Å². The highest BCUT2D eigenvalue weighted by Gasteiger charge is 2.36. The second kappa shape index (κ2) is 8.57. The van der Waals surface area contributed by atoms with Gasteiger partial charge in [0.15, 0.2) is 5.78 Å². The molecule has 1 unspecified atom stereocenters. The summed E-state index contributed by atoms with van der Waals surface area (Å²) in [6.07, 6.45) is 0.343. The van der Waals surface area contributed by atoms with Crippen LogP contribution in [0.15, 0.2) is 59.7 Å². The molecule has 4 rings (SSSR count). The van der Waals surface area contributed by atoms with Gasteiger partial charge in [0.25, 0.3) is 5.91 Å². The standard InChI is InChI=1S/C23H26N4O3/c1-17(28)21-16-19(24-27(21)18-8-4-3-5-9-18)23(29)26-14-12-25(13-15-26)20-10-6-7-11-22(20)30-2/h3-11,21H,12-16H2,1-2H3. The molecule has 1 atom stereocenters. The van der Waals surface area contributed by atoms with Crippen molar-refractivity contribution >= 4 is 28.8 Å². The van der Waals surface area contributed by atoms with Gasteiger partial charge in [0.2, 0.25) is 0 Å². The van der Waals surface area contributed by atoms with Crippen molar-refractivity contribution in [3.63, 3.8) is 0 Å². The first-order chi connectivity index (χ1) is 14.6. The molecule has 0 spiro atoms. The third-order valence-corrected chi connectivity index (χ3v) is 5.64. The van der Waals surface area contributed by atoms with E-state index in [-0.39, 0.29) is 11.7 Å². The molecular weight excluding hydrogens is 380 g/mol. The normalized spacial score (nSPS) is 18.9. The number of benzene rings is 2. The number of rotatable bonds is 5. The lowest BCUT2D eigenvalue weighted by Gasteiger charge is -2.36. The average Bonchev–Trinajstić information content (AvgIpc) is 3.25. The number of nitrogens with zero attached hydrogens (tertiary/aromatic N) is 4. The van der Waals surface area contributed by atoms with E-state index in [4.69, 9.17) is 4.74 Å². The molecule has 7 heteroatoms. The lowest BCUT2D eigenvalue weighted by Crippen LogP contribution is -2.50. The Kier molecular flexibility index (Phi) is 5.70. The van der Waals surface area contributed by atoms with E-state index in [0.717, 1.165) is 30.2 Å². The number of hydrazone groups is 1. The van der Waals surface area contributed by atoms with Crippen LogP contribution in [-0.2, 0) is 9.59 Å². The molecule has 1 saturated heterocycles. The number of Topliss-reactive ketones (excluding diaryl/α,β-unsaturated/α-hetero) is 1. The Morgan fingerprint density at radius 2 is 1.63 bits per heavy atom. The van der Waals surface area contributed by atoms with Gasteiger partial charge in [-0.1, -0.05) is 30.3 Å². The fraction of sp³-hybridized carbons (Fsp3) is 0.348. The van der Waals surface area contributed by atoms with Crippen molar-refractivity contribution in [2.75, 3.05) is 43.2 Å². The van der Waals surface area contributed by atoms with Gasteiger partial charge in [-0.25, -0.2) is 0 Å². The Hall–Kier alpha value is -3.35. The van der Waals surface area contributed by atoms with Crippen molar-refractivity contribution in [1.29, 1.82) is 0 Å². The Bertz CT molecular complexity index is 952. The number of carbonyl (C=O) groups excluding carboxylic acids is 2. The molecule has 0 N–H and O–H groups in total. The molecule has 2 heterocycles. The number of ether oxygens (including phenoxy) is 1. The van der Waals surface area contributed by atoms with Crippen LogP contribution in [-0.4, -0.2) is 61.6 Å². The highest BCUT2D eigenvalue weighted by Crippen LogP contribution is 2.29. The smallest absolute Gasteiger partial charge is 0.270 e. The minimum absolute atomic E-state index is 0.00592. The molecule has 0 bridgehead atoms. The number of para-hydroxylation sites is 3. The van der Waals surface area contributed by atoms with Gasteiger partial charge >= 0.3 is 0 Å². The lowest BCUT2D eigenvalue weighted by atomic mass is 10.1. The van der Waals surface area contributed by atoms with E-state index >= 15 is 0 Å². The monoisotopic (exact) mass is 406 g/mol. The summed E-state index contributed by atoms with van der Waals surface area (Å²) in [5, 5.41) is 6.23. The van der Waals surface area contributed by atoms with Gasteiger partial charge in [0.1, 0.15) is 17.5 Å². The fourth-order valence-corrected chi connectivity index (χ4v) is 4.00. The van der Waals surface area contributed by atoms with Gasteiger partial charge in [0, 0.05) is 32.6 Å². The van der Waals surface area contributed by atoms with E-state index in [1.165, 1.54) is 0 Å². The van der Waals surface area contributed by atoms with Gasteiger partial charge in [-0.15, -0.1) is 0 Å². The second-order valence-corrected chi connectivity index (χ2v) is 7.51. The number of carbonyl (C=O) groups is 2. The van der Waals surface area contributed by atoms with Gasteiger partial charge in [-0.05, 0) is 31.2 Å². The van der Waals surface area contributed by atoms with Crippen LogP contribution in [0.25, 0.3) is 0 Å². The molecule has 0 aliphatic carbocycles. The van der Waals surface area contributed by atoms with Crippen LogP contribution >= 0.6 is 0 Å². The zero-order valence-electron chi connectivity index (χ0n) is 17.3. The summed E-state index contributed by atoms with van der Waals surface area (Å²) in [5.74, 6) is 0.756. The summed E-state index contributed by atoms with van der Waals surface area (Å²) in [6.45, 7) is 4.20. The van der Waals surface area contributed by atoms with Gasteiger partial charge in [-0.2, -0.15) is 5.10 Å². The summed E-state index contributed by atoms with van der Waals surface area (Å²) in [6, 6.07) is 17.0. The van der Waals surface area contributed by atoms with Crippen LogP contribution in [0.1, 0.15) is 13.3 Å². The SMILES string of the molecule is COc1ccccc1N1CCN(C(=O)C2=NN(c3ccccc3)C(C(C)=O)C2)CC1. The molecule has 7 nitrogen and oxygen atoms in total. The Morgan fingerprint density at radius 3 is 2.30 bits per heavy atom. The summed E-state index contributed by atoms with van der Waals surface area (Å²) < 4.78 is 5.46. The number of methoxy groups -OCH3 is 1. The molecule has 1 amide bonds. The zero-order chi connectivity index (χ0) is 21.1. The topological polar surface area (TPSA) is 65.5 Å². The van der Waals surface area contributed by atoms with E-state index in [2.05, 4.69) is 10.0 Å². The lowest BCUT2D eigenvalue weighted by molar-refractivity contribution is -0.124. The van der Waals surface area contributed by atoms with Crippen molar-refractivity contribution in [2.24, 2.45) is 5.10 Å². The Balaban J connectivity index is 1.46. The molecule has 156 valence electrons. The highest BCUT2D eigenvalue weighted by atomic mass is 16.5. The van der Waals surface area contributed by atoms with Crippen LogP contribution in [0.4, 0.5) is 11.4 Å². The molecule has 0 saturated carbocycles. The summed E-state index contributed by atoms with van der Waals surface area (Å²) >= 11 is 0. The largest absolute Gasteiger partial charge is 0.495 e. The molecule has 2 aliphatic rings. The molecule has 30 heavy (non-hydrogen) atoms. The molecular formula is C23H26N4O3. The average molecular weight is 406 g/mol. The fourth-order valence-electron chi connectivity index (χ4n) is 4.00. The van der Waals surface area contributed by atoms with Gasteiger partial charge < -0.3 is 14.5 Å². The quantitative estimate of drug-likeness (QED) is 0.764. The molecule has 2 aromatic carbocycles. The molecule has 2 aromatic rings. The summed E-state index contributed by atoms with van der Waals surface area (Å²) in [7, 11) is 1.67. The van der Waals surface area contributed by atoms with Crippen LogP contribution in [0.5, 0.6) is 5.75 Å². The number of ketones is 1. The first-order valence-electron chi connectivity index (χ1n) is 10.2. The van der Waals surface area contributed by atoms with E-state index in [1.54, 1.807) is 19.0 Å². The number of amides is 1. The van der Waals surface area contributed by atoms with Crippen molar-refractivity contribution in [2.45, 2.75) is 19.4 Å². The van der Waals surface area contributed by atoms with Crippen molar-refractivity contribution < 1.29 is 14.3 Å². The summed E-state index contributed by atoms with van der Waals surface area (Å²) in [5.41, 5.74) is 2.31. The molecule has 0 aromatic heterocycles. The zero-order valence-corrected chi connectivity index (χ0v) is 17.3. The van der Waals surface area contributed by atoms with Crippen molar-refractivity contribution in [3.8, 4) is 5.75 Å². The maximum Gasteiger partial charge on any atom is 0.270 e. The van der Waals surface area contributed by atoms with Crippen LogP contribution in [0.2, 0.25) is 0 Å². The third-order valence-electron chi connectivity index (χ3n) is 5.64. The molecule has 0 radical (unpaired) electrons.